The molecule has 0 aliphatic rings. The highest BCUT2D eigenvalue weighted by molar-refractivity contribution is 5.88. The second-order valence-corrected chi connectivity index (χ2v) is 3.81. The zero-order valence-corrected chi connectivity index (χ0v) is 10.5. The van der Waals surface area contributed by atoms with Gasteiger partial charge in [-0.2, -0.15) is 0 Å². The van der Waals surface area contributed by atoms with Gasteiger partial charge in [-0.15, -0.1) is 0 Å². The number of nitrogens with one attached hydrogen (secondary N) is 1. The van der Waals surface area contributed by atoms with Gasteiger partial charge < -0.3 is 11.1 Å². The average molecular weight is 216 g/mol. The Balaban J connectivity index is 0. The van der Waals surface area contributed by atoms with Crippen molar-refractivity contribution in [2.24, 2.45) is 11.7 Å². The van der Waals surface area contributed by atoms with Crippen LogP contribution in [0.1, 0.15) is 41.0 Å². The summed E-state index contributed by atoms with van der Waals surface area (Å²) < 4.78 is 0. The van der Waals surface area contributed by atoms with Crippen LogP contribution in [0.3, 0.4) is 0 Å². The fourth-order valence-corrected chi connectivity index (χ4v) is 0.970. The van der Waals surface area contributed by atoms with E-state index in [1.54, 1.807) is 0 Å². The monoisotopic (exact) mass is 216 g/mol. The molecular weight excluding hydrogens is 192 g/mol. The van der Waals surface area contributed by atoms with Crippen molar-refractivity contribution in [1.29, 1.82) is 0 Å². The maximum atomic E-state index is 11.0. The molecule has 15 heavy (non-hydrogen) atoms. The molecule has 1 atom stereocenters. The lowest BCUT2D eigenvalue weighted by atomic mass is 10.0. The minimum absolute atomic E-state index is 0.0354. The molecule has 4 heteroatoms. The van der Waals surface area contributed by atoms with Gasteiger partial charge in [0.15, 0.2) is 5.78 Å². The molecule has 0 aromatic heterocycles. The van der Waals surface area contributed by atoms with Crippen LogP contribution in [-0.2, 0) is 9.59 Å². The molecule has 3 N–H and O–H groups in total. The van der Waals surface area contributed by atoms with Gasteiger partial charge >= 0.3 is 0 Å². The summed E-state index contributed by atoms with van der Waals surface area (Å²) >= 11 is 0. The van der Waals surface area contributed by atoms with Gasteiger partial charge in [0.05, 0.1) is 12.6 Å². The van der Waals surface area contributed by atoms with E-state index in [9.17, 15) is 9.59 Å². The molecule has 1 amide bonds. The zero-order chi connectivity index (χ0) is 12.4. The third-order valence-electron chi connectivity index (χ3n) is 1.61. The second kappa shape index (κ2) is 9.65. The average Bonchev–Trinajstić information content (AvgIpc) is 2.13. The van der Waals surface area contributed by atoms with Crippen molar-refractivity contribution in [2.75, 3.05) is 6.54 Å². The standard InChI is InChI=1S/C8H16N2O2.C3H8/c1-5(2)8(6(3)11)10-7(12)4-9;1-3-2/h5,8H,4,9H2,1-3H3,(H,10,12);3H2,1-2H3. The predicted molar refractivity (Wildman–Crippen MR) is 62.5 cm³/mol. The van der Waals surface area contributed by atoms with Gasteiger partial charge in [0.1, 0.15) is 0 Å². The van der Waals surface area contributed by atoms with E-state index in [1.807, 2.05) is 13.8 Å². The van der Waals surface area contributed by atoms with Gasteiger partial charge in [0.2, 0.25) is 5.91 Å². The van der Waals surface area contributed by atoms with Gasteiger partial charge in [-0.05, 0) is 12.8 Å². The smallest absolute Gasteiger partial charge is 0.234 e. The number of rotatable bonds is 4. The number of hydrogen-bond donors (Lipinski definition) is 2. The van der Waals surface area contributed by atoms with Crippen molar-refractivity contribution in [3.63, 3.8) is 0 Å². The number of Topliss-reactive ketones (excluding diaryl/α,β-unsaturated/α-hetero) is 1. The van der Waals surface area contributed by atoms with Crippen molar-refractivity contribution in [3.05, 3.63) is 0 Å². The number of nitrogens with two attached hydrogens (primary N) is 1. The SMILES string of the molecule is CC(=O)C(NC(=O)CN)C(C)C.CCC. The van der Waals surface area contributed by atoms with Crippen LogP contribution >= 0.6 is 0 Å². The van der Waals surface area contributed by atoms with Crippen LogP contribution in [0.5, 0.6) is 0 Å². The van der Waals surface area contributed by atoms with E-state index in [-0.39, 0.29) is 24.2 Å². The molecule has 0 aliphatic carbocycles. The van der Waals surface area contributed by atoms with Crippen LogP contribution in [0, 0.1) is 5.92 Å². The maximum Gasteiger partial charge on any atom is 0.234 e. The van der Waals surface area contributed by atoms with E-state index in [0.717, 1.165) is 0 Å². The lowest BCUT2D eigenvalue weighted by molar-refractivity contribution is -0.127. The fraction of sp³-hybridized carbons (Fsp3) is 0.818. The molecule has 0 saturated heterocycles. The first kappa shape index (κ1) is 16.5. The van der Waals surface area contributed by atoms with Crippen molar-refractivity contribution in [1.82, 2.24) is 5.32 Å². The number of amides is 1. The number of carbonyl (C=O) groups is 2. The van der Waals surface area contributed by atoms with E-state index >= 15 is 0 Å². The van der Waals surface area contributed by atoms with Gasteiger partial charge in [0.25, 0.3) is 0 Å². The molecule has 0 aliphatic heterocycles. The summed E-state index contributed by atoms with van der Waals surface area (Å²) in [6.07, 6.45) is 1.25. The Kier molecular flexibility index (Phi) is 10.6. The summed E-state index contributed by atoms with van der Waals surface area (Å²) in [7, 11) is 0. The fourth-order valence-electron chi connectivity index (χ4n) is 0.970. The molecule has 0 saturated carbocycles. The van der Waals surface area contributed by atoms with Crippen molar-refractivity contribution >= 4 is 11.7 Å². The Bertz CT molecular complexity index is 191. The van der Waals surface area contributed by atoms with E-state index in [1.165, 1.54) is 13.3 Å². The zero-order valence-electron chi connectivity index (χ0n) is 10.5. The summed E-state index contributed by atoms with van der Waals surface area (Å²) in [5.74, 6) is -0.214. The predicted octanol–water partition coefficient (Wildman–Crippen LogP) is 1.09. The highest BCUT2D eigenvalue weighted by Crippen LogP contribution is 2.01. The van der Waals surface area contributed by atoms with Crippen molar-refractivity contribution < 1.29 is 9.59 Å². The van der Waals surface area contributed by atoms with Gasteiger partial charge in [-0.3, -0.25) is 9.59 Å². The largest absolute Gasteiger partial charge is 0.345 e. The molecule has 0 spiro atoms. The van der Waals surface area contributed by atoms with Crippen LogP contribution in [0.2, 0.25) is 0 Å². The van der Waals surface area contributed by atoms with Gasteiger partial charge in [-0.1, -0.05) is 34.1 Å². The molecular formula is C11H24N2O2. The highest BCUT2D eigenvalue weighted by Gasteiger charge is 2.19. The minimum atomic E-state index is -0.402. The maximum absolute atomic E-state index is 11.0. The first-order valence-electron chi connectivity index (χ1n) is 5.40. The topological polar surface area (TPSA) is 72.2 Å². The Hall–Kier alpha value is -0.900. The van der Waals surface area contributed by atoms with Crippen molar-refractivity contribution in [3.8, 4) is 0 Å². The Morgan fingerprint density at radius 2 is 1.67 bits per heavy atom. The Labute approximate surface area is 92.6 Å². The van der Waals surface area contributed by atoms with Crippen LogP contribution in [-0.4, -0.2) is 24.3 Å². The molecule has 0 bridgehead atoms. The summed E-state index contributed by atoms with van der Waals surface area (Å²) in [5.41, 5.74) is 5.10. The summed E-state index contributed by atoms with van der Waals surface area (Å²) in [4.78, 5) is 21.8. The van der Waals surface area contributed by atoms with E-state index in [4.69, 9.17) is 5.73 Å². The molecule has 4 nitrogen and oxygen atoms in total. The molecule has 0 heterocycles. The summed E-state index contributed by atoms with van der Waals surface area (Å²) in [6.45, 7) is 9.39. The van der Waals surface area contributed by atoms with Crippen LogP contribution < -0.4 is 11.1 Å². The molecule has 0 aromatic rings. The molecule has 0 radical (unpaired) electrons. The van der Waals surface area contributed by atoms with E-state index in [2.05, 4.69) is 19.2 Å². The second-order valence-electron chi connectivity index (χ2n) is 3.81. The molecule has 0 fully saturated rings. The molecule has 0 rings (SSSR count). The lowest BCUT2D eigenvalue weighted by Crippen LogP contribution is -2.45. The molecule has 90 valence electrons. The van der Waals surface area contributed by atoms with Gasteiger partial charge in [-0.25, -0.2) is 0 Å². The first-order valence-corrected chi connectivity index (χ1v) is 5.40. The third kappa shape index (κ3) is 9.41. The van der Waals surface area contributed by atoms with Crippen LogP contribution in [0.25, 0.3) is 0 Å². The van der Waals surface area contributed by atoms with Crippen LogP contribution in [0.4, 0.5) is 0 Å². The number of carbonyl (C=O) groups excluding carboxylic acids is 2. The van der Waals surface area contributed by atoms with Crippen LogP contribution in [0.15, 0.2) is 0 Å². The first-order chi connectivity index (χ1) is 6.90. The summed E-state index contributed by atoms with van der Waals surface area (Å²) in [5, 5.41) is 2.55. The molecule has 1 unspecified atom stereocenters. The molecule has 0 aromatic carbocycles. The quantitative estimate of drug-likeness (QED) is 0.739. The van der Waals surface area contributed by atoms with E-state index in [0.29, 0.717) is 0 Å². The number of ketones is 1. The van der Waals surface area contributed by atoms with E-state index < -0.39 is 6.04 Å². The minimum Gasteiger partial charge on any atom is -0.345 e. The van der Waals surface area contributed by atoms with Gasteiger partial charge in [0, 0.05) is 0 Å². The Morgan fingerprint density at radius 3 is 1.87 bits per heavy atom. The van der Waals surface area contributed by atoms with Crippen molar-refractivity contribution in [2.45, 2.75) is 47.1 Å². The normalized spacial score (nSPS) is 11.4. The number of hydrogen-bond acceptors (Lipinski definition) is 3. The lowest BCUT2D eigenvalue weighted by Gasteiger charge is -2.18. The Morgan fingerprint density at radius 1 is 1.27 bits per heavy atom. The highest BCUT2D eigenvalue weighted by atomic mass is 16.2. The summed E-state index contributed by atoms with van der Waals surface area (Å²) in [6, 6.07) is -0.402. The third-order valence-corrected chi connectivity index (χ3v) is 1.61.